The largest absolute Gasteiger partial charge is 0.376 e. The van der Waals surface area contributed by atoms with Gasteiger partial charge in [0.1, 0.15) is 11.5 Å². The Morgan fingerprint density at radius 2 is 2.20 bits per heavy atom. The maximum atomic E-state index is 6.17. The first-order valence-electron chi connectivity index (χ1n) is 9.66. The SMILES string of the molecule is CCCCc1ncc(-c2nccn2CC2CC3(CCNCC3)CO2)[nH]1. The van der Waals surface area contributed by atoms with Crippen LogP contribution < -0.4 is 5.32 Å². The van der Waals surface area contributed by atoms with Gasteiger partial charge in [-0.2, -0.15) is 0 Å². The fourth-order valence-electron chi connectivity index (χ4n) is 4.19. The summed E-state index contributed by atoms with van der Waals surface area (Å²) in [6, 6.07) is 0. The predicted molar refractivity (Wildman–Crippen MR) is 97.3 cm³/mol. The summed E-state index contributed by atoms with van der Waals surface area (Å²) >= 11 is 0. The lowest BCUT2D eigenvalue weighted by atomic mass is 9.77. The van der Waals surface area contributed by atoms with E-state index in [4.69, 9.17) is 4.74 Å². The summed E-state index contributed by atoms with van der Waals surface area (Å²) in [5, 5.41) is 3.46. The molecule has 0 saturated carbocycles. The minimum absolute atomic E-state index is 0.286. The summed E-state index contributed by atoms with van der Waals surface area (Å²) in [5.41, 5.74) is 1.41. The average Bonchev–Trinajstić information content (AvgIpc) is 3.35. The van der Waals surface area contributed by atoms with Gasteiger partial charge in [-0.25, -0.2) is 9.97 Å². The number of imidazole rings is 2. The standard InChI is InChI=1S/C19H29N5O/c1-2-3-4-17-22-12-16(23-17)18-21-9-10-24(18)13-15-11-19(14-25-15)5-7-20-8-6-19/h9-10,12,15,20H,2-8,11,13-14H2,1H3,(H,22,23). The van der Waals surface area contributed by atoms with Crippen molar-refractivity contribution in [2.24, 2.45) is 5.41 Å². The van der Waals surface area contributed by atoms with Crippen LogP contribution in [-0.2, 0) is 17.7 Å². The van der Waals surface area contributed by atoms with Gasteiger partial charge in [-0.3, -0.25) is 0 Å². The Bertz CT molecular complexity index is 686. The van der Waals surface area contributed by atoms with Crippen LogP contribution in [0.3, 0.4) is 0 Å². The van der Waals surface area contributed by atoms with Gasteiger partial charge in [0, 0.05) is 18.8 Å². The van der Waals surface area contributed by atoms with E-state index in [0.717, 1.165) is 62.8 Å². The van der Waals surface area contributed by atoms with Gasteiger partial charge in [0.15, 0.2) is 5.82 Å². The molecule has 2 saturated heterocycles. The van der Waals surface area contributed by atoms with Crippen molar-refractivity contribution in [2.75, 3.05) is 19.7 Å². The topological polar surface area (TPSA) is 67.8 Å². The molecule has 1 unspecified atom stereocenters. The van der Waals surface area contributed by atoms with Crippen molar-refractivity contribution in [1.29, 1.82) is 0 Å². The van der Waals surface area contributed by atoms with Gasteiger partial charge in [0.2, 0.25) is 0 Å². The molecular formula is C19H29N5O. The Morgan fingerprint density at radius 3 is 3.04 bits per heavy atom. The van der Waals surface area contributed by atoms with Crippen molar-refractivity contribution >= 4 is 0 Å². The van der Waals surface area contributed by atoms with E-state index in [1.165, 1.54) is 19.3 Å². The normalized spacial score (nSPS) is 22.7. The third-order valence-electron chi connectivity index (χ3n) is 5.70. The molecule has 4 heterocycles. The van der Waals surface area contributed by atoms with Gasteiger partial charge in [-0.1, -0.05) is 13.3 Å². The van der Waals surface area contributed by atoms with E-state index in [2.05, 4.69) is 38.0 Å². The molecule has 2 aliphatic rings. The van der Waals surface area contributed by atoms with Crippen LogP contribution in [0, 0.1) is 5.41 Å². The number of nitrogens with zero attached hydrogens (tertiary/aromatic N) is 3. The first-order valence-corrected chi connectivity index (χ1v) is 9.66. The second-order valence-corrected chi connectivity index (χ2v) is 7.64. The third kappa shape index (κ3) is 3.65. The first kappa shape index (κ1) is 16.8. The monoisotopic (exact) mass is 343 g/mol. The molecule has 0 radical (unpaired) electrons. The van der Waals surface area contributed by atoms with Crippen molar-refractivity contribution in [3.8, 4) is 11.5 Å². The summed E-state index contributed by atoms with van der Waals surface area (Å²) in [5.74, 6) is 2.02. The van der Waals surface area contributed by atoms with E-state index in [1.807, 2.05) is 12.4 Å². The minimum Gasteiger partial charge on any atom is -0.376 e. The highest BCUT2D eigenvalue weighted by atomic mass is 16.5. The van der Waals surface area contributed by atoms with Crippen molar-refractivity contribution in [1.82, 2.24) is 24.8 Å². The van der Waals surface area contributed by atoms with Crippen LogP contribution >= 0.6 is 0 Å². The molecule has 1 spiro atoms. The van der Waals surface area contributed by atoms with E-state index >= 15 is 0 Å². The zero-order valence-corrected chi connectivity index (χ0v) is 15.1. The number of unbranched alkanes of at least 4 members (excludes halogenated alkanes) is 1. The van der Waals surface area contributed by atoms with Gasteiger partial charge < -0.3 is 19.6 Å². The van der Waals surface area contributed by atoms with Gasteiger partial charge in [-0.05, 0) is 44.2 Å². The molecule has 0 aromatic carbocycles. The summed E-state index contributed by atoms with van der Waals surface area (Å²) in [4.78, 5) is 12.5. The Hall–Kier alpha value is -1.66. The number of piperidine rings is 1. The Balaban J connectivity index is 1.43. The molecule has 0 aliphatic carbocycles. The molecule has 136 valence electrons. The number of H-pyrrole nitrogens is 1. The molecule has 6 heteroatoms. The number of ether oxygens (including phenoxy) is 1. The molecule has 25 heavy (non-hydrogen) atoms. The van der Waals surface area contributed by atoms with Crippen LogP contribution in [0.25, 0.3) is 11.5 Å². The molecule has 1 atom stereocenters. The summed E-state index contributed by atoms with van der Waals surface area (Å²) in [6.45, 7) is 6.23. The van der Waals surface area contributed by atoms with Crippen LogP contribution in [0.2, 0.25) is 0 Å². The zero-order valence-electron chi connectivity index (χ0n) is 15.1. The van der Waals surface area contributed by atoms with Crippen LogP contribution in [0.4, 0.5) is 0 Å². The maximum Gasteiger partial charge on any atom is 0.158 e. The number of nitrogens with one attached hydrogen (secondary N) is 2. The van der Waals surface area contributed by atoms with Crippen LogP contribution in [0.15, 0.2) is 18.6 Å². The summed E-state index contributed by atoms with van der Waals surface area (Å²) in [6.07, 6.45) is 13.1. The molecule has 0 bridgehead atoms. The fraction of sp³-hybridized carbons (Fsp3) is 0.684. The van der Waals surface area contributed by atoms with E-state index in [9.17, 15) is 0 Å². The van der Waals surface area contributed by atoms with Crippen LogP contribution in [-0.4, -0.2) is 45.3 Å². The van der Waals surface area contributed by atoms with Gasteiger partial charge in [0.25, 0.3) is 0 Å². The van der Waals surface area contributed by atoms with Crippen molar-refractivity contribution in [3.63, 3.8) is 0 Å². The second kappa shape index (κ2) is 7.30. The molecule has 6 nitrogen and oxygen atoms in total. The molecule has 2 aliphatic heterocycles. The Kier molecular flexibility index (Phi) is 4.90. The number of hydrogen-bond acceptors (Lipinski definition) is 4. The number of aromatic amines is 1. The molecule has 2 N–H and O–H groups in total. The van der Waals surface area contributed by atoms with Crippen molar-refractivity contribution in [2.45, 2.75) is 58.1 Å². The lowest BCUT2D eigenvalue weighted by molar-refractivity contribution is 0.0777. The minimum atomic E-state index is 0.286. The number of hydrogen-bond donors (Lipinski definition) is 2. The Labute approximate surface area is 149 Å². The highest BCUT2D eigenvalue weighted by molar-refractivity contribution is 5.48. The van der Waals surface area contributed by atoms with E-state index in [1.54, 1.807) is 0 Å². The summed E-state index contributed by atoms with van der Waals surface area (Å²) < 4.78 is 8.38. The lowest BCUT2D eigenvalue weighted by Crippen LogP contribution is -2.37. The molecule has 0 amide bonds. The third-order valence-corrected chi connectivity index (χ3v) is 5.70. The van der Waals surface area contributed by atoms with Crippen LogP contribution in [0.5, 0.6) is 0 Å². The van der Waals surface area contributed by atoms with Gasteiger partial charge in [-0.15, -0.1) is 0 Å². The summed E-state index contributed by atoms with van der Waals surface area (Å²) in [7, 11) is 0. The van der Waals surface area contributed by atoms with E-state index in [0.29, 0.717) is 5.41 Å². The first-order chi connectivity index (χ1) is 12.3. The second-order valence-electron chi connectivity index (χ2n) is 7.64. The van der Waals surface area contributed by atoms with Crippen LogP contribution in [0.1, 0.15) is 44.9 Å². The highest BCUT2D eigenvalue weighted by Gasteiger charge is 2.40. The van der Waals surface area contributed by atoms with Gasteiger partial charge >= 0.3 is 0 Å². The van der Waals surface area contributed by atoms with Crippen molar-refractivity contribution < 1.29 is 4.74 Å². The number of aromatic nitrogens is 4. The molecule has 2 fully saturated rings. The van der Waals surface area contributed by atoms with E-state index < -0.39 is 0 Å². The molecule has 2 aromatic rings. The smallest absolute Gasteiger partial charge is 0.158 e. The van der Waals surface area contributed by atoms with Gasteiger partial charge in [0.05, 0.1) is 25.5 Å². The Morgan fingerprint density at radius 1 is 1.32 bits per heavy atom. The maximum absolute atomic E-state index is 6.17. The average molecular weight is 343 g/mol. The molecule has 2 aromatic heterocycles. The molecule has 4 rings (SSSR count). The quantitative estimate of drug-likeness (QED) is 0.846. The fourth-order valence-corrected chi connectivity index (χ4v) is 4.19. The van der Waals surface area contributed by atoms with Crippen molar-refractivity contribution in [3.05, 3.63) is 24.4 Å². The predicted octanol–water partition coefficient (Wildman–Crippen LogP) is 2.77. The highest BCUT2D eigenvalue weighted by Crippen LogP contribution is 2.40. The van der Waals surface area contributed by atoms with E-state index in [-0.39, 0.29) is 6.10 Å². The molecular weight excluding hydrogens is 314 g/mol. The zero-order chi connectivity index (χ0) is 17.1. The number of rotatable bonds is 6. The lowest BCUT2D eigenvalue weighted by Gasteiger charge is -2.32. The number of aryl methyl sites for hydroxylation is 1.